The predicted molar refractivity (Wildman–Crippen MR) is 130 cm³/mol. The molecule has 1 heterocycles. The molecule has 1 aromatic heterocycles. The molecule has 0 fully saturated rings. The smallest absolute Gasteiger partial charge is 0.257 e. The maximum Gasteiger partial charge on any atom is 0.257 e. The minimum absolute atomic E-state index is 0.141. The van der Waals surface area contributed by atoms with E-state index in [-0.39, 0.29) is 17.6 Å². The van der Waals surface area contributed by atoms with Gasteiger partial charge in [0.15, 0.2) is 5.16 Å². The topological polar surface area (TPSA) is 85.2 Å². The Bertz CT molecular complexity index is 1240. The lowest BCUT2D eigenvalue weighted by Gasteiger charge is -2.12. The monoisotopic (exact) mass is 458 g/mol. The number of nitrogens with zero attached hydrogens (tertiary/aromatic N) is 2. The first-order valence-electron chi connectivity index (χ1n) is 10.2. The molecule has 4 rings (SSSR count). The molecule has 0 aliphatic rings. The molecule has 0 aliphatic carbocycles. The highest BCUT2D eigenvalue weighted by atomic mass is 32.2. The van der Waals surface area contributed by atoms with Crippen LogP contribution in [0.3, 0.4) is 0 Å². The van der Waals surface area contributed by atoms with E-state index in [1.54, 1.807) is 49.7 Å². The lowest BCUT2D eigenvalue weighted by atomic mass is 10.1. The lowest BCUT2D eigenvalue weighted by molar-refractivity contribution is -0.113. The number of para-hydroxylation sites is 2. The molecule has 166 valence electrons. The van der Waals surface area contributed by atoms with Gasteiger partial charge in [-0.25, -0.2) is 4.98 Å². The third-order valence-electron chi connectivity index (χ3n) is 4.77. The molecule has 2 N–H and O–H groups in total. The second kappa shape index (κ2) is 10.5. The molecule has 8 heteroatoms. The van der Waals surface area contributed by atoms with Crippen LogP contribution in [0.2, 0.25) is 0 Å². The van der Waals surface area contributed by atoms with E-state index in [1.807, 2.05) is 53.2 Å². The van der Waals surface area contributed by atoms with E-state index >= 15 is 0 Å². The molecule has 0 spiro atoms. The number of imidazole rings is 1. The molecular formula is C25H22N4O3S. The molecule has 33 heavy (non-hydrogen) atoms. The fourth-order valence-electron chi connectivity index (χ4n) is 3.16. The average Bonchev–Trinajstić information content (AvgIpc) is 3.32. The van der Waals surface area contributed by atoms with Gasteiger partial charge >= 0.3 is 0 Å². The minimum Gasteiger partial charge on any atom is -0.497 e. The van der Waals surface area contributed by atoms with E-state index in [4.69, 9.17) is 4.74 Å². The van der Waals surface area contributed by atoms with Crippen LogP contribution in [0.4, 0.5) is 11.4 Å². The maximum atomic E-state index is 12.7. The standard InChI is InChI=1S/C25H22N4O3S/c1-32-20-13-11-19(12-14-20)29-16-15-26-25(29)33-17-23(30)28-22-10-6-5-9-21(22)24(31)27-18-7-3-2-4-8-18/h2-16H,17H2,1H3,(H,27,31)(H,28,30). The molecule has 0 unspecified atom stereocenters. The SMILES string of the molecule is COc1ccc(-n2ccnc2SCC(=O)Nc2ccccc2C(=O)Nc2ccccc2)cc1. The summed E-state index contributed by atoms with van der Waals surface area (Å²) in [5, 5.41) is 6.37. The minimum atomic E-state index is -0.292. The zero-order valence-corrected chi connectivity index (χ0v) is 18.7. The van der Waals surface area contributed by atoms with Gasteiger partial charge in [-0.3, -0.25) is 14.2 Å². The highest BCUT2D eigenvalue weighted by molar-refractivity contribution is 7.99. The van der Waals surface area contributed by atoms with Crippen molar-refractivity contribution in [2.75, 3.05) is 23.5 Å². The van der Waals surface area contributed by atoms with E-state index in [0.29, 0.717) is 22.1 Å². The van der Waals surface area contributed by atoms with Gasteiger partial charge in [-0.2, -0.15) is 0 Å². The number of amides is 2. The van der Waals surface area contributed by atoms with Crippen molar-refractivity contribution >= 4 is 35.0 Å². The highest BCUT2D eigenvalue weighted by Crippen LogP contribution is 2.23. The van der Waals surface area contributed by atoms with Crippen LogP contribution in [0.1, 0.15) is 10.4 Å². The number of ether oxygens (including phenoxy) is 1. The van der Waals surface area contributed by atoms with Gasteiger partial charge in [-0.15, -0.1) is 0 Å². The van der Waals surface area contributed by atoms with Crippen molar-refractivity contribution in [3.8, 4) is 11.4 Å². The predicted octanol–water partition coefficient (Wildman–Crippen LogP) is 4.86. The molecule has 2 amide bonds. The fourth-order valence-corrected chi connectivity index (χ4v) is 3.94. The van der Waals surface area contributed by atoms with Gasteiger partial charge in [-0.1, -0.05) is 42.1 Å². The molecule has 0 atom stereocenters. The number of carbonyl (C=O) groups is 2. The fraction of sp³-hybridized carbons (Fsp3) is 0.0800. The summed E-state index contributed by atoms with van der Waals surface area (Å²) >= 11 is 1.31. The van der Waals surface area contributed by atoms with Gasteiger partial charge in [0.25, 0.3) is 5.91 Å². The van der Waals surface area contributed by atoms with Crippen molar-refractivity contribution < 1.29 is 14.3 Å². The van der Waals surface area contributed by atoms with Crippen molar-refractivity contribution in [3.05, 3.63) is 96.8 Å². The Kier molecular flexibility index (Phi) is 7.06. The Morgan fingerprint density at radius 2 is 1.67 bits per heavy atom. The third-order valence-corrected chi connectivity index (χ3v) is 5.73. The number of anilines is 2. The second-order valence-electron chi connectivity index (χ2n) is 6.98. The van der Waals surface area contributed by atoms with Gasteiger partial charge in [0.2, 0.25) is 5.91 Å². The lowest BCUT2D eigenvalue weighted by Crippen LogP contribution is -2.19. The zero-order chi connectivity index (χ0) is 23.0. The molecule has 0 saturated carbocycles. The normalized spacial score (nSPS) is 10.5. The number of aromatic nitrogens is 2. The van der Waals surface area contributed by atoms with Gasteiger partial charge in [0, 0.05) is 23.8 Å². The van der Waals surface area contributed by atoms with Crippen molar-refractivity contribution in [1.29, 1.82) is 0 Å². The van der Waals surface area contributed by atoms with Crippen LogP contribution in [-0.4, -0.2) is 34.2 Å². The van der Waals surface area contributed by atoms with Crippen LogP contribution in [0, 0.1) is 0 Å². The summed E-state index contributed by atoms with van der Waals surface area (Å²) < 4.78 is 7.10. The Balaban J connectivity index is 1.40. The Labute approximate surface area is 195 Å². The summed E-state index contributed by atoms with van der Waals surface area (Å²) in [5.74, 6) is 0.383. The number of hydrogen-bond donors (Lipinski definition) is 2. The van der Waals surface area contributed by atoms with Crippen molar-refractivity contribution in [1.82, 2.24) is 9.55 Å². The molecule has 7 nitrogen and oxygen atoms in total. The van der Waals surface area contributed by atoms with E-state index in [0.717, 1.165) is 11.4 Å². The highest BCUT2D eigenvalue weighted by Gasteiger charge is 2.15. The van der Waals surface area contributed by atoms with Crippen LogP contribution in [0.5, 0.6) is 5.75 Å². The molecule has 0 radical (unpaired) electrons. The Hall–Kier alpha value is -4.04. The van der Waals surface area contributed by atoms with Crippen LogP contribution in [0.25, 0.3) is 5.69 Å². The van der Waals surface area contributed by atoms with Gasteiger partial charge in [-0.05, 0) is 48.5 Å². The summed E-state index contributed by atoms with van der Waals surface area (Å²) in [4.78, 5) is 29.7. The van der Waals surface area contributed by atoms with E-state index < -0.39 is 0 Å². The van der Waals surface area contributed by atoms with Crippen molar-refractivity contribution in [2.24, 2.45) is 0 Å². The number of benzene rings is 3. The van der Waals surface area contributed by atoms with Crippen LogP contribution in [-0.2, 0) is 4.79 Å². The Morgan fingerprint density at radius 3 is 2.42 bits per heavy atom. The van der Waals surface area contributed by atoms with Crippen molar-refractivity contribution in [3.63, 3.8) is 0 Å². The first-order chi connectivity index (χ1) is 16.1. The molecule has 0 bridgehead atoms. The summed E-state index contributed by atoms with van der Waals surface area (Å²) in [5.41, 5.74) is 2.44. The van der Waals surface area contributed by atoms with Crippen molar-refractivity contribution in [2.45, 2.75) is 5.16 Å². The largest absolute Gasteiger partial charge is 0.497 e. The van der Waals surface area contributed by atoms with Crippen LogP contribution in [0.15, 0.2) is 96.4 Å². The van der Waals surface area contributed by atoms with Gasteiger partial charge in [0.1, 0.15) is 5.75 Å². The quantitative estimate of drug-likeness (QED) is 0.368. The van der Waals surface area contributed by atoms with E-state index in [1.165, 1.54) is 11.8 Å². The summed E-state index contributed by atoms with van der Waals surface area (Å²) in [6.45, 7) is 0. The zero-order valence-electron chi connectivity index (χ0n) is 17.9. The first kappa shape index (κ1) is 22.2. The second-order valence-corrected chi connectivity index (χ2v) is 7.92. The Morgan fingerprint density at radius 1 is 0.939 bits per heavy atom. The third kappa shape index (κ3) is 5.61. The average molecular weight is 459 g/mol. The number of carbonyl (C=O) groups excluding carboxylic acids is 2. The number of hydrogen-bond acceptors (Lipinski definition) is 5. The number of thioether (sulfide) groups is 1. The van der Waals surface area contributed by atoms with E-state index in [2.05, 4.69) is 15.6 Å². The van der Waals surface area contributed by atoms with Gasteiger partial charge in [0.05, 0.1) is 24.1 Å². The number of rotatable bonds is 8. The molecule has 3 aromatic carbocycles. The summed E-state index contributed by atoms with van der Waals surface area (Å²) in [6.07, 6.45) is 3.53. The summed E-state index contributed by atoms with van der Waals surface area (Å²) in [6, 6.07) is 23.7. The molecule has 0 saturated heterocycles. The van der Waals surface area contributed by atoms with E-state index in [9.17, 15) is 9.59 Å². The van der Waals surface area contributed by atoms with Crippen LogP contribution >= 0.6 is 11.8 Å². The first-order valence-corrected chi connectivity index (χ1v) is 11.2. The molecular weight excluding hydrogens is 436 g/mol. The van der Waals surface area contributed by atoms with Gasteiger partial charge < -0.3 is 15.4 Å². The number of methoxy groups -OCH3 is 1. The number of nitrogens with one attached hydrogen (secondary N) is 2. The molecule has 0 aliphatic heterocycles. The summed E-state index contributed by atoms with van der Waals surface area (Å²) in [7, 11) is 1.62. The van der Waals surface area contributed by atoms with Crippen LogP contribution < -0.4 is 15.4 Å². The maximum absolute atomic E-state index is 12.7. The molecule has 4 aromatic rings.